The van der Waals surface area contributed by atoms with Crippen LogP contribution in [0.15, 0.2) is 36.4 Å². The van der Waals surface area contributed by atoms with E-state index in [1.165, 1.54) is 5.56 Å². The van der Waals surface area contributed by atoms with Gasteiger partial charge in [0.25, 0.3) is 5.69 Å². The highest BCUT2D eigenvalue weighted by Crippen LogP contribution is 2.37. The van der Waals surface area contributed by atoms with Gasteiger partial charge >= 0.3 is 0 Å². The van der Waals surface area contributed by atoms with Gasteiger partial charge in [-0.3, -0.25) is 10.1 Å². The highest BCUT2D eigenvalue weighted by molar-refractivity contribution is 5.65. The molecule has 0 fully saturated rings. The highest BCUT2D eigenvalue weighted by Gasteiger charge is 2.27. The molecule has 23 heavy (non-hydrogen) atoms. The first-order valence-corrected chi connectivity index (χ1v) is 7.80. The molecule has 0 spiro atoms. The van der Waals surface area contributed by atoms with Gasteiger partial charge < -0.3 is 5.73 Å². The normalized spacial score (nSPS) is 11.7. The lowest BCUT2D eigenvalue weighted by molar-refractivity contribution is -0.384. The number of anilines is 1. The fraction of sp³-hybridized carbons (Fsp3) is 0.368. The summed E-state index contributed by atoms with van der Waals surface area (Å²) in [5, 5.41) is 11.2. The minimum absolute atomic E-state index is 0.0214. The minimum atomic E-state index is -0.413. The number of nitrogen functional groups attached to an aromatic ring is 1. The second-order valence-corrected chi connectivity index (χ2v) is 6.88. The van der Waals surface area contributed by atoms with Gasteiger partial charge in [-0.05, 0) is 35.1 Å². The summed E-state index contributed by atoms with van der Waals surface area (Å²) in [5.74, 6) is 0.479. The smallest absolute Gasteiger partial charge is 0.292 e. The molecule has 0 amide bonds. The molecule has 2 rings (SSSR count). The molecule has 2 aromatic carbocycles. The van der Waals surface area contributed by atoms with E-state index >= 15 is 0 Å². The lowest BCUT2D eigenvalue weighted by Gasteiger charge is -2.27. The molecule has 0 bridgehead atoms. The van der Waals surface area contributed by atoms with Crippen LogP contribution in [0.4, 0.5) is 11.4 Å². The van der Waals surface area contributed by atoms with Crippen LogP contribution in [-0.4, -0.2) is 4.92 Å². The Balaban J connectivity index is 2.52. The summed E-state index contributed by atoms with van der Waals surface area (Å²) in [7, 11) is 0. The SMILES string of the molecule is Cc1cc(C(C)(C)c2ccc(C(C)C)cc2)cc([N+](=O)[O-])c1N. The Bertz CT molecular complexity index is 732. The van der Waals surface area contributed by atoms with Crippen molar-refractivity contribution in [1.29, 1.82) is 0 Å². The zero-order chi connectivity index (χ0) is 17.4. The third-order valence-corrected chi connectivity index (χ3v) is 4.58. The van der Waals surface area contributed by atoms with Gasteiger partial charge in [0.05, 0.1) is 4.92 Å². The fourth-order valence-electron chi connectivity index (χ4n) is 2.74. The average Bonchev–Trinajstić information content (AvgIpc) is 2.49. The molecule has 0 saturated heterocycles. The molecule has 4 heteroatoms. The fourth-order valence-corrected chi connectivity index (χ4v) is 2.74. The van der Waals surface area contributed by atoms with Gasteiger partial charge in [0.2, 0.25) is 0 Å². The third-order valence-electron chi connectivity index (χ3n) is 4.58. The first-order valence-electron chi connectivity index (χ1n) is 7.80. The number of aryl methyl sites for hydroxylation is 1. The maximum absolute atomic E-state index is 11.2. The number of nitro groups is 1. The third kappa shape index (κ3) is 3.21. The van der Waals surface area contributed by atoms with E-state index in [9.17, 15) is 10.1 Å². The van der Waals surface area contributed by atoms with Gasteiger partial charge in [0.1, 0.15) is 5.69 Å². The Morgan fingerprint density at radius 3 is 2.13 bits per heavy atom. The monoisotopic (exact) mass is 312 g/mol. The largest absolute Gasteiger partial charge is 0.393 e. The summed E-state index contributed by atoms with van der Waals surface area (Å²) < 4.78 is 0. The Hall–Kier alpha value is -2.36. The van der Waals surface area contributed by atoms with Crippen LogP contribution in [0.5, 0.6) is 0 Å². The Morgan fingerprint density at radius 2 is 1.65 bits per heavy atom. The van der Waals surface area contributed by atoms with E-state index in [0.29, 0.717) is 5.92 Å². The van der Waals surface area contributed by atoms with Gasteiger partial charge in [-0.2, -0.15) is 0 Å². The van der Waals surface area contributed by atoms with Crippen molar-refractivity contribution in [3.63, 3.8) is 0 Å². The molecule has 122 valence electrons. The maximum Gasteiger partial charge on any atom is 0.292 e. The first-order chi connectivity index (χ1) is 10.6. The molecule has 0 aliphatic rings. The summed E-state index contributed by atoms with van der Waals surface area (Å²) in [5.41, 5.74) is 9.77. The van der Waals surface area contributed by atoms with E-state index in [2.05, 4.69) is 52.0 Å². The van der Waals surface area contributed by atoms with Gasteiger partial charge in [-0.1, -0.05) is 58.0 Å². The number of nitrogens with two attached hydrogens (primary N) is 1. The van der Waals surface area contributed by atoms with Crippen molar-refractivity contribution >= 4 is 11.4 Å². The first kappa shape index (κ1) is 17.0. The maximum atomic E-state index is 11.2. The number of nitro benzene ring substituents is 1. The van der Waals surface area contributed by atoms with Gasteiger partial charge in [-0.25, -0.2) is 0 Å². The van der Waals surface area contributed by atoms with Gasteiger partial charge in [0.15, 0.2) is 0 Å². The summed E-state index contributed by atoms with van der Waals surface area (Å²) in [6, 6.07) is 12.0. The molecule has 0 aliphatic heterocycles. The molecule has 2 N–H and O–H groups in total. The van der Waals surface area contributed by atoms with Crippen LogP contribution in [-0.2, 0) is 5.41 Å². The lowest BCUT2D eigenvalue weighted by atomic mass is 9.77. The van der Waals surface area contributed by atoms with Crippen LogP contribution in [0.2, 0.25) is 0 Å². The zero-order valence-electron chi connectivity index (χ0n) is 14.4. The van der Waals surface area contributed by atoms with Gasteiger partial charge in [0, 0.05) is 11.5 Å². The van der Waals surface area contributed by atoms with Crippen molar-refractivity contribution in [3.05, 3.63) is 68.8 Å². The summed E-state index contributed by atoms with van der Waals surface area (Å²) >= 11 is 0. The summed E-state index contributed by atoms with van der Waals surface area (Å²) in [6.07, 6.45) is 0. The predicted octanol–water partition coefficient (Wildman–Crippen LogP) is 4.93. The Morgan fingerprint density at radius 1 is 1.09 bits per heavy atom. The molecule has 0 heterocycles. The van der Waals surface area contributed by atoms with Crippen molar-refractivity contribution in [2.24, 2.45) is 0 Å². The molecule has 0 radical (unpaired) electrons. The van der Waals surface area contributed by atoms with Crippen molar-refractivity contribution in [2.45, 2.75) is 46.0 Å². The predicted molar refractivity (Wildman–Crippen MR) is 94.9 cm³/mol. The van der Waals surface area contributed by atoms with Crippen molar-refractivity contribution < 1.29 is 4.92 Å². The second-order valence-electron chi connectivity index (χ2n) is 6.88. The standard InChI is InChI=1S/C19H24N2O2/c1-12(2)14-6-8-15(9-7-14)19(4,5)16-10-13(3)18(20)17(11-16)21(22)23/h6-12H,20H2,1-5H3. The molecule has 0 aliphatic carbocycles. The van der Waals surface area contributed by atoms with Crippen LogP contribution in [0.3, 0.4) is 0 Å². The van der Waals surface area contributed by atoms with E-state index in [4.69, 9.17) is 5.73 Å². The van der Waals surface area contributed by atoms with Crippen LogP contribution in [0.1, 0.15) is 55.9 Å². The van der Waals surface area contributed by atoms with E-state index in [1.54, 1.807) is 6.07 Å². The highest BCUT2D eigenvalue weighted by atomic mass is 16.6. The molecule has 2 aromatic rings. The second kappa shape index (κ2) is 6.03. The van der Waals surface area contributed by atoms with Crippen molar-refractivity contribution in [3.8, 4) is 0 Å². The topological polar surface area (TPSA) is 69.2 Å². The molecule has 4 nitrogen and oxygen atoms in total. The molecule has 0 unspecified atom stereocenters. The van der Waals surface area contributed by atoms with Crippen LogP contribution < -0.4 is 5.73 Å². The van der Waals surface area contributed by atoms with E-state index in [1.807, 2.05) is 13.0 Å². The molecule has 0 aromatic heterocycles. The molecular formula is C19H24N2O2. The summed E-state index contributed by atoms with van der Waals surface area (Å²) in [4.78, 5) is 10.8. The van der Waals surface area contributed by atoms with E-state index in [0.717, 1.165) is 16.7 Å². The zero-order valence-corrected chi connectivity index (χ0v) is 14.4. The van der Waals surface area contributed by atoms with Crippen LogP contribution in [0.25, 0.3) is 0 Å². The van der Waals surface area contributed by atoms with Crippen molar-refractivity contribution in [1.82, 2.24) is 0 Å². The van der Waals surface area contributed by atoms with Gasteiger partial charge in [-0.15, -0.1) is 0 Å². The molecule has 0 atom stereocenters. The van der Waals surface area contributed by atoms with E-state index < -0.39 is 4.92 Å². The minimum Gasteiger partial charge on any atom is -0.393 e. The Labute approximate surface area is 137 Å². The number of rotatable bonds is 4. The molecular weight excluding hydrogens is 288 g/mol. The summed E-state index contributed by atoms with van der Waals surface area (Å²) in [6.45, 7) is 10.3. The quantitative estimate of drug-likeness (QED) is 0.494. The van der Waals surface area contributed by atoms with Crippen molar-refractivity contribution in [2.75, 3.05) is 5.73 Å². The molecule has 0 saturated carbocycles. The number of hydrogen-bond acceptors (Lipinski definition) is 3. The Kier molecular flexibility index (Phi) is 4.46. The number of hydrogen-bond donors (Lipinski definition) is 1. The number of benzene rings is 2. The van der Waals surface area contributed by atoms with Crippen LogP contribution >= 0.6 is 0 Å². The lowest BCUT2D eigenvalue weighted by Crippen LogP contribution is -2.20. The average molecular weight is 312 g/mol. The number of nitrogens with zero attached hydrogens (tertiary/aromatic N) is 1. The van der Waals surface area contributed by atoms with Crippen LogP contribution in [0, 0.1) is 17.0 Å². The van der Waals surface area contributed by atoms with E-state index in [-0.39, 0.29) is 16.8 Å².